The van der Waals surface area contributed by atoms with E-state index in [-0.39, 0.29) is 5.54 Å². The number of aryl methyl sites for hydroxylation is 2. The van der Waals surface area contributed by atoms with E-state index in [1.54, 1.807) is 0 Å². The predicted molar refractivity (Wildman–Crippen MR) is 83.4 cm³/mol. The van der Waals surface area contributed by atoms with Crippen LogP contribution in [0.3, 0.4) is 0 Å². The van der Waals surface area contributed by atoms with Crippen molar-refractivity contribution in [2.45, 2.75) is 33.2 Å². The minimum atomic E-state index is -0.0111. The number of benzene rings is 2. The molecule has 0 amide bonds. The van der Waals surface area contributed by atoms with Crippen LogP contribution in [0.15, 0.2) is 42.5 Å². The second-order valence-corrected chi connectivity index (χ2v) is 5.72. The number of rotatable bonds is 3. The maximum atomic E-state index is 3.39. The van der Waals surface area contributed by atoms with Crippen LogP contribution in [-0.4, -0.2) is 7.05 Å². The van der Waals surface area contributed by atoms with Gasteiger partial charge in [0.25, 0.3) is 0 Å². The molecule has 0 atom stereocenters. The Morgan fingerprint density at radius 3 is 2.21 bits per heavy atom. The van der Waals surface area contributed by atoms with Crippen molar-refractivity contribution in [3.63, 3.8) is 0 Å². The molecule has 100 valence electrons. The summed E-state index contributed by atoms with van der Waals surface area (Å²) in [5.74, 6) is 0. The van der Waals surface area contributed by atoms with Crippen molar-refractivity contribution in [2.75, 3.05) is 7.05 Å². The van der Waals surface area contributed by atoms with E-state index in [2.05, 4.69) is 75.5 Å². The van der Waals surface area contributed by atoms with E-state index in [1.807, 2.05) is 7.05 Å². The van der Waals surface area contributed by atoms with Gasteiger partial charge in [-0.05, 0) is 68.6 Å². The monoisotopic (exact) mass is 253 g/mol. The zero-order valence-electron chi connectivity index (χ0n) is 12.5. The molecule has 2 aromatic carbocycles. The van der Waals surface area contributed by atoms with Crippen LogP contribution < -0.4 is 5.32 Å². The van der Waals surface area contributed by atoms with Gasteiger partial charge in [0.15, 0.2) is 0 Å². The van der Waals surface area contributed by atoms with Crippen LogP contribution in [0.4, 0.5) is 0 Å². The van der Waals surface area contributed by atoms with Gasteiger partial charge in [-0.3, -0.25) is 0 Å². The molecule has 2 rings (SSSR count). The first-order valence-corrected chi connectivity index (χ1v) is 6.82. The van der Waals surface area contributed by atoms with Gasteiger partial charge in [0.05, 0.1) is 0 Å². The molecule has 0 spiro atoms. The molecule has 1 heteroatoms. The Bertz CT molecular complexity index is 582. The number of hydrogen-bond donors (Lipinski definition) is 1. The van der Waals surface area contributed by atoms with Crippen molar-refractivity contribution in [3.8, 4) is 11.1 Å². The first kappa shape index (κ1) is 13.8. The molecule has 0 saturated carbocycles. The summed E-state index contributed by atoms with van der Waals surface area (Å²) in [6.45, 7) is 8.78. The second-order valence-electron chi connectivity index (χ2n) is 5.72. The molecule has 1 nitrogen and oxygen atoms in total. The molecule has 0 aromatic heterocycles. The average Bonchev–Trinajstić information content (AvgIpc) is 2.40. The molecule has 0 heterocycles. The lowest BCUT2D eigenvalue weighted by Gasteiger charge is -2.27. The summed E-state index contributed by atoms with van der Waals surface area (Å²) in [6.07, 6.45) is 0. The lowest BCUT2D eigenvalue weighted by Crippen LogP contribution is -2.33. The molecule has 0 bridgehead atoms. The van der Waals surface area contributed by atoms with Gasteiger partial charge < -0.3 is 5.32 Å². The highest BCUT2D eigenvalue weighted by molar-refractivity contribution is 5.68. The summed E-state index contributed by atoms with van der Waals surface area (Å²) in [7, 11) is 2.01. The number of hydrogen-bond acceptors (Lipinski definition) is 1. The van der Waals surface area contributed by atoms with E-state index in [0.29, 0.717) is 0 Å². The molecule has 0 saturated heterocycles. The first-order valence-electron chi connectivity index (χ1n) is 6.82. The summed E-state index contributed by atoms with van der Waals surface area (Å²) < 4.78 is 0. The highest BCUT2D eigenvalue weighted by Crippen LogP contribution is 2.30. The molecule has 2 aromatic rings. The smallest absolute Gasteiger partial charge is 0.0377 e. The van der Waals surface area contributed by atoms with Gasteiger partial charge in [-0.25, -0.2) is 0 Å². The first-order chi connectivity index (χ1) is 8.95. The van der Waals surface area contributed by atoms with Gasteiger partial charge in [0.1, 0.15) is 0 Å². The molecule has 0 aliphatic rings. The van der Waals surface area contributed by atoms with Crippen molar-refractivity contribution < 1.29 is 0 Å². The predicted octanol–water partition coefficient (Wildman–Crippen LogP) is 4.42. The zero-order valence-corrected chi connectivity index (χ0v) is 12.5. The third-order valence-electron chi connectivity index (χ3n) is 3.99. The Labute approximate surface area is 116 Å². The lowest BCUT2D eigenvalue weighted by molar-refractivity contribution is 0.442. The molecule has 0 radical (unpaired) electrons. The highest BCUT2D eigenvalue weighted by Gasteiger charge is 2.20. The molecular formula is C18H23N. The molecule has 0 aliphatic heterocycles. The maximum Gasteiger partial charge on any atom is 0.0377 e. The van der Waals surface area contributed by atoms with Gasteiger partial charge in [0.2, 0.25) is 0 Å². The maximum absolute atomic E-state index is 3.39. The van der Waals surface area contributed by atoms with Crippen molar-refractivity contribution in [1.82, 2.24) is 5.32 Å². The minimum absolute atomic E-state index is 0.0111. The summed E-state index contributed by atoms with van der Waals surface area (Å²) >= 11 is 0. The van der Waals surface area contributed by atoms with Crippen molar-refractivity contribution >= 4 is 0 Å². The van der Waals surface area contributed by atoms with E-state index in [0.717, 1.165) is 0 Å². The summed E-state index contributed by atoms with van der Waals surface area (Å²) in [5, 5.41) is 3.39. The third kappa shape index (κ3) is 2.71. The van der Waals surface area contributed by atoms with E-state index in [1.165, 1.54) is 27.8 Å². The van der Waals surface area contributed by atoms with Crippen molar-refractivity contribution in [1.29, 1.82) is 0 Å². The van der Waals surface area contributed by atoms with Crippen LogP contribution in [0.5, 0.6) is 0 Å². The fourth-order valence-corrected chi connectivity index (χ4v) is 2.49. The Hall–Kier alpha value is -1.60. The topological polar surface area (TPSA) is 12.0 Å². The quantitative estimate of drug-likeness (QED) is 0.853. The highest BCUT2D eigenvalue weighted by atomic mass is 14.9. The van der Waals surface area contributed by atoms with E-state index in [9.17, 15) is 0 Å². The molecule has 1 N–H and O–H groups in total. The van der Waals surface area contributed by atoms with Gasteiger partial charge in [-0.15, -0.1) is 0 Å². The van der Waals surface area contributed by atoms with E-state index < -0.39 is 0 Å². The van der Waals surface area contributed by atoms with Gasteiger partial charge in [-0.2, -0.15) is 0 Å². The van der Waals surface area contributed by atoms with Crippen molar-refractivity contribution in [3.05, 3.63) is 59.2 Å². The third-order valence-corrected chi connectivity index (χ3v) is 3.99. The van der Waals surface area contributed by atoms with Crippen LogP contribution in [0.2, 0.25) is 0 Å². The Balaban J connectivity index is 2.57. The average molecular weight is 253 g/mol. The van der Waals surface area contributed by atoms with Gasteiger partial charge >= 0.3 is 0 Å². The lowest BCUT2D eigenvalue weighted by atomic mass is 9.87. The summed E-state index contributed by atoms with van der Waals surface area (Å²) in [5.41, 5.74) is 6.60. The van der Waals surface area contributed by atoms with Crippen molar-refractivity contribution in [2.24, 2.45) is 0 Å². The van der Waals surface area contributed by atoms with Crippen LogP contribution in [0.1, 0.15) is 30.5 Å². The van der Waals surface area contributed by atoms with Crippen LogP contribution in [0.25, 0.3) is 11.1 Å². The second kappa shape index (κ2) is 5.18. The Morgan fingerprint density at radius 1 is 0.895 bits per heavy atom. The fraction of sp³-hybridized carbons (Fsp3) is 0.333. The number of nitrogens with one attached hydrogen (secondary N) is 1. The fourth-order valence-electron chi connectivity index (χ4n) is 2.49. The van der Waals surface area contributed by atoms with Gasteiger partial charge in [-0.1, -0.05) is 36.4 Å². The molecular weight excluding hydrogens is 230 g/mol. The molecule has 0 unspecified atom stereocenters. The molecule has 19 heavy (non-hydrogen) atoms. The normalized spacial score (nSPS) is 11.6. The standard InChI is InChI=1S/C18H23N/c1-13-8-6-7-9-16(13)15-11-10-14(2)17(12-15)18(3,4)19-5/h6-12,19H,1-5H3. The largest absolute Gasteiger partial charge is 0.311 e. The van der Waals surface area contributed by atoms with Crippen LogP contribution in [0, 0.1) is 13.8 Å². The van der Waals surface area contributed by atoms with Crippen LogP contribution in [-0.2, 0) is 5.54 Å². The zero-order chi connectivity index (χ0) is 14.0. The SMILES string of the molecule is CNC(C)(C)c1cc(-c2ccccc2C)ccc1C. The Morgan fingerprint density at radius 2 is 1.58 bits per heavy atom. The Kier molecular flexibility index (Phi) is 3.77. The van der Waals surface area contributed by atoms with E-state index >= 15 is 0 Å². The van der Waals surface area contributed by atoms with Crippen LogP contribution >= 0.6 is 0 Å². The van der Waals surface area contributed by atoms with Gasteiger partial charge in [0, 0.05) is 5.54 Å². The van der Waals surface area contributed by atoms with E-state index in [4.69, 9.17) is 0 Å². The molecule has 0 fully saturated rings. The summed E-state index contributed by atoms with van der Waals surface area (Å²) in [4.78, 5) is 0. The minimum Gasteiger partial charge on any atom is -0.311 e. The summed E-state index contributed by atoms with van der Waals surface area (Å²) in [6, 6.07) is 15.3. The molecule has 0 aliphatic carbocycles.